The van der Waals surface area contributed by atoms with E-state index in [0.29, 0.717) is 20.3 Å². The highest BCUT2D eigenvalue weighted by Gasteiger charge is 2.48. The Morgan fingerprint density at radius 3 is 2.45 bits per heavy atom. The molecule has 164 valence electrons. The van der Waals surface area contributed by atoms with Crippen LogP contribution in [0.2, 0.25) is 0 Å². The van der Waals surface area contributed by atoms with Crippen LogP contribution in [0.4, 0.5) is 13.9 Å². The van der Waals surface area contributed by atoms with Gasteiger partial charge in [0.2, 0.25) is 0 Å². The Morgan fingerprint density at radius 2 is 1.73 bits per heavy atom. The molecule has 9 heteroatoms. The van der Waals surface area contributed by atoms with Crippen molar-refractivity contribution in [1.82, 2.24) is 4.98 Å². The number of benzene rings is 3. The Morgan fingerprint density at radius 1 is 1.00 bits per heavy atom. The van der Waals surface area contributed by atoms with E-state index in [1.807, 2.05) is 0 Å². The molecule has 1 atom stereocenters. The van der Waals surface area contributed by atoms with E-state index in [0.717, 1.165) is 23.5 Å². The van der Waals surface area contributed by atoms with Crippen LogP contribution >= 0.6 is 27.3 Å². The van der Waals surface area contributed by atoms with E-state index in [9.17, 15) is 23.5 Å². The number of aliphatic hydroxyl groups is 1. The van der Waals surface area contributed by atoms with Gasteiger partial charge < -0.3 is 5.11 Å². The molecule has 33 heavy (non-hydrogen) atoms. The molecule has 4 aromatic rings. The number of ketones is 1. The highest BCUT2D eigenvalue weighted by Crippen LogP contribution is 2.44. The van der Waals surface area contributed by atoms with Gasteiger partial charge in [0.25, 0.3) is 5.78 Å². The molecule has 1 aliphatic heterocycles. The zero-order valence-electron chi connectivity index (χ0n) is 16.6. The lowest BCUT2D eigenvalue weighted by molar-refractivity contribution is -0.132. The largest absolute Gasteiger partial charge is 0.507 e. The molecule has 5 nitrogen and oxygen atoms in total. The Kier molecular flexibility index (Phi) is 5.30. The average Bonchev–Trinajstić information content (AvgIpc) is 3.32. The number of nitrogens with zero attached hydrogens (tertiary/aromatic N) is 2. The fourth-order valence-corrected chi connectivity index (χ4v) is 5.21. The molecule has 1 saturated heterocycles. The maximum Gasteiger partial charge on any atom is 0.301 e. The summed E-state index contributed by atoms with van der Waals surface area (Å²) in [5.74, 6) is -3.14. The first-order chi connectivity index (χ1) is 15.8. The second-order valence-electron chi connectivity index (χ2n) is 7.34. The molecule has 2 heterocycles. The molecule has 1 unspecified atom stereocenters. The minimum Gasteiger partial charge on any atom is -0.507 e. The summed E-state index contributed by atoms with van der Waals surface area (Å²) in [4.78, 5) is 31.9. The number of Topliss-reactive ketones (excluding diaryl/α,β-unsaturated/α-hetero) is 1. The van der Waals surface area contributed by atoms with Gasteiger partial charge in [-0.2, -0.15) is 0 Å². The zero-order valence-corrected chi connectivity index (χ0v) is 19.0. The molecule has 1 amide bonds. The highest BCUT2D eigenvalue weighted by molar-refractivity contribution is 9.10. The Balaban J connectivity index is 1.74. The van der Waals surface area contributed by atoms with Gasteiger partial charge in [0.1, 0.15) is 17.4 Å². The quantitative estimate of drug-likeness (QED) is 0.203. The summed E-state index contributed by atoms with van der Waals surface area (Å²) in [5.41, 5.74) is 1.08. The number of amides is 1. The second kappa shape index (κ2) is 8.17. The van der Waals surface area contributed by atoms with Crippen molar-refractivity contribution in [3.8, 4) is 0 Å². The Labute approximate surface area is 198 Å². The van der Waals surface area contributed by atoms with Crippen molar-refractivity contribution in [1.29, 1.82) is 0 Å². The number of halogens is 3. The third-order valence-electron chi connectivity index (χ3n) is 5.27. The lowest BCUT2D eigenvalue weighted by Gasteiger charge is -2.23. The van der Waals surface area contributed by atoms with Crippen LogP contribution in [0.1, 0.15) is 17.2 Å². The van der Waals surface area contributed by atoms with E-state index in [1.165, 1.54) is 35.2 Å². The van der Waals surface area contributed by atoms with Crippen LogP contribution in [0.5, 0.6) is 0 Å². The highest BCUT2D eigenvalue weighted by atomic mass is 79.9. The van der Waals surface area contributed by atoms with E-state index < -0.39 is 35.1 Å². The minimum atomic E-state index is -0.988. The molecule has 0 spiro atoms. The monoisotopic (exact) mass is 526 g/mol. The first kappa shape index (κ1) is 21.4. The summed E-state index contributed by atoms with van der Waals surface area (Å²) in [5, 5.41) is 11.2. The maximum atomic E-state index is 13.7. The van der Waals surface area contributed by atoms with Gasteiger partial charge in [0.15, 0.2) is 5.13 Å². The Hall–Kier alpha value is -3.43. The summed E-state index contributed by atoms with van der Waals surface area (Å²) in [6, 6.07) is 15.0. The standard InChI is InChI=1S/C24H13BrF2N2O3S/c25-14-3-1-2-13(10-14)20-19(21(30)12-4-6-15(26)7-5-12)22(31)23(32)29(20)24-28-17-9-8-16(27)11-18(17)33-24/h1-11,20,30H. The van der Waals surface area contributed by atoms with Gasteiger partial charge in [0.05, 0.1) is 21.8 Å². The molecule has 1 N–H and O–H groups in total. The maximum absolute atomic E-state index is 13.7. The molecule has 5 rings (SSSR count). The predicted octanol–water partition coefficient (Wildman–Crippen LogP) is 5.96. The van der Waals surface area contributed by atoms with Crippen LogP contribution in [-0.4, -0.2) is 21.8 Å². The van der Waals surface area contributed by atoms with E-state index >= 15 is 0 Å². The summed E-state index contributed by atoms with van der Waals surface area (Å²) < 4.78 is 28.3. The van der Waals surface area contributed by atoms with Crippen LogP contribution in [0.15, 0.2) is 76.8 Å². The summed E-state index contributed by atoms with van der Waals surface area (Å²) in [7, 11) is 0. The van der Waals surface area contributed by atoms with Crippen molar-refractivity contribution in [3.05, 3.63) is 99.5 Å². The van der Waals surface area contributed by atoms with Crippen LogP contribution in [0.25, 0.3) is 16.0 Å². The van der Waals surface area contributed by atoms with Gasteiger partial charge in [-0.05, 0) is 60.2 Å². The first-order valence-electron chi connectivity index (χ1n) is 9.72. The molecule has 3 aromatic carbocycles. The van der Waals surface area contributed by atoms with Crippen LogP contribution in [-0.2, 0) is 9.59 Å². The van der Waals surface area contributed by atoms with Gasteiger partial charge in [0, 0.05) is 10.0 Å². The average molecular weight is 527 g/mol. The SMILES string of the molecule is O=C1C(=O)N(c2nc3ccc(F)cc3s2)C(c2cccc(Br)c2)C1=C(O)c1ccc(F)cc1. The molecular formula is C24H13BrF2N2O3S. The van der Waals surface area contributed by atoms with Crippen molar-refractivity contribution in [2.24, 2.45) is 0 Å². The molecule has 0 radical (unpaired) electrons. The van der Waals surface area contributed by atoms with Crippen LogP contribution < -0.4 is 4.90 Å². The number of aromatic nitrogens is 1. The number of hydrogen-bond acceptors (Lipinski definition) is 5. The molecule has 1 aliphatic rings. The van der Waals surface area contributed by atoms with Gasteiger partial charge >= 0.3 is 5.91 Å². The van der Waals surface area contributed by atoms with Crippen molar-refractivity contribution < 1.29 is 23.5 Å². The topological polar surface area (TPSA) is 70.5 Å². The van der Waals surface area contributed by atoms with Crippen LogP contribution in [0.3, 0.4) is 0 Å². The van der Waals surface area contributed by atoms with Gasteiger partial charge in [-0.25, -0.2) is 13.8 Å². The second-order valence-corrected chi connectivity index (χ2v) is 9.26. The van der Waals surface area contributed by atoms with Crippen molar-refractivity contribution >= 4 is 60.1 Å². The van der Waals surface area contributed by atoms with Gasteiger partial charge in [-0.3, -0.25) is 14.5 Å². The number of thiazole rings is 1. The first-order valence-corrected chi connectivity index (χ1v) is 11.3. The third-order valence-corrected chi connectivity index (χ3v) is 6.78. The lowest BCUT2D eigenvalue weighted by Crippen LogP contribution is -2.29. The molecular weight excluding hydrogens is 514 g/mol. The number of anilines is 1. The number of hydrogen-bond donors (Lipinski definition) is 1. The summed E-state index contributed by atoms with van der Waals surface area (Å²) in [6.07, 6.45) is 0. The Bertz CT molecular complexity index is 1470. The fourth-order valence-electron chi connectivity index (χ4n) is 3.77. The summed E-state index contributed by atoms with van der Waals surface area (Å²) >= 11 is 4.46. The normalized spacial score (nSPS) is 17.8. The minimum absolute atomic E-state index is 0.143. The van der Waals surface area contributed by atoms with Crippen molar-refractivity contribution in [2.45, 2.75) is 6.04 Å². The summed E-state index contributed by atoms with van der Waals surface area (Å²) in [6.45, 7) is 0. The van der Waals surface area contributed by atoms with Crippen LogP contribution in [0, 0.1) is 11.6 Å². The zero-order chi connectivity index (χ0) is 23.3. The number of fused-ring (bicyclic) bond motifs is 1. The van der Waals surface area contributed by atoms with E-state index in [1.54, 1.807) is 24.3 Å². The van der Waals surface area contributed by atoms with E-state index in [2.05, 4.69) is 20.9 Å². The number of carbonyl (C=O) groups is 2. The lowest BCUT2D eigenvalue weighted by atomic mass is 9.95. The molecule has 1 aromatic heterocycles. The molecule has 0 saturated carbocycles. The predicted molar refractivity (Wildman–Crippen MR) is 125 cm³/mol. The number of aliphatic hydroxyl groups excluding tert-OH is 1. The van der Waals surface area contributed by atoms with Crippen molar-refractivity contribution in [2.75, 3.05) is 4.90 Å². The molecule has 0 bridgehead atoms. The smallest absolute Gasteiger partial charge is 0.301 e. The fraction of sp³-hybridized carbons (Fsp3) is 0.0417. The van der Waals surface area contributed by atoms with Crippen molar-refractivity contribution in [3.63, 3.8) is 0 Å². The van der Waals surface area contributed by atoms with E-state index in [-0.39, 0.29) is 16.3 Å². The number of carbonyl (C=O) groups excluding carboxylic acids is 2. The molecule has 0 aliphatic carbocycles. The number of rotatable bonds is 3. The third kappa shape index (κ3) is 3.73. The van der Waals surface area contributed by atoms with Gasteiger partial charge in [-0.15, -0.1) is 0 Å². The van der Waals surface area contributed by atoms with Gasteiger partial charge in [-0.1, -0.05) is 39.4 Å². The molecule has 1 fully saturated rings. The van der Waals surface area contributed by atoms with E-state index in [4.69, 9.17) is 0 Å².